The molecule has 0 aliphatic rings. The van der Waals surface area contributed by atoms with Crippen molar-refractivity contribution in [3.8, 4) is 0 Å². The Morgan fingerprint density at radius 2 is 1.19 bits per heavy atom. The van der Waals surface area contributed by atoms with E-state index in [4.69, 9.17) is 5.11 Å². The lowest BCUT2D eigenvalue weighted by molar-refractivity contribution is -0.139. The minimum absolute atomic E-state index is 0.433. The Labute approximate surface area is 169 Å². The zero-order chi connectivity index (χ0) is 20.0. The van der Waals surface area contributed by atoms with Gasteiger partial charge in [-0.3, -0.25) is 0 Å². The van der Waals surface area contributed by atoms with E-state index in [1.165, 1.54) is 89.9 Å². The molecule has 0 amide bonds. The second-order valence-electron chi connectivity index (χ2n) is 7.99. The van der Waals surface area contributed by atoms with E-state index in [2.05, 4.69) is 25.2 Å². The number of hydrogen-bond acceptors (Lipinski definition) is 2. The van der Waals surface area contributed by atoms with Crippen LogP contribution in [0.4, 0.5) is 0 Å². The summed E-state index contributed by atoms with van der Waals surface area (Å²) in [5.41, 5.74) is 0. The van der Waals surface area contributed by atoms with Crippen molar-refractivity contribution in [3.63, 3.8) is 0 Å². The van der Waals surface area contributed by atoms with Crippen LogP contribution in [0.1, 0.15) is 129 Å². The second kappa shape index (κ2) is 21.3. The second-order valence-corrected chi connectivity index (χ2v) is 7.99. The summed E-state index contributed by atoms with van der Waals surface area (Å²) in [6, 6.07) is -0.433. The molecule has 0 spiro atoms. The van der Waals surface area contributed by atoms with Gasteiger partial charge in [-0.25, -0.2) is 4.79 Å². The van der Waals surface area contributed by atoms with Crippen LogP contribution in [0.15, 0.2) is 12.3 Å². The first kappa shape index (κ1) is 26.0. The molecule has 0 fully saturated rings. The minimum atomic E-state index is -0.746. The monoisotopic (exact) mass is 381 g/mol. The van der Waals surface area contributed by atoms with Crippen LogP contribution >= 0.6 is 0 Å². The normalized spacial score (nSPS) is 12.5. The highest BCUT2D eigenvalue weighted by Gasteiger charge is 2.13. The van der Waals surface area contributed by atoms with E-state index < -0.39 is 12.0 Å². The average molecular weight is 382 g/mol. The van der Waals surface area contributed by atoms with Crippen LogP contribution in [-0.4, -0.2) is 17.1 Å². The molecule has 0 aromatic rings. The topological polar surface area (TPSA) is 49.3 Å². The molecule has 3 nitrogen and oxygen atoms in total. The predicted octanol–water partition coefficient (Wildman–Crippen LogP) is 7.60. The van der Waals surface area contributed by atoms with Crippen molar-refractivity contribution in [1.29, 1.82) is 0 Å². The third-order valence-corrected chi connectivity index (χ3v) is 5.28. The van der Waals surface area contributed by atoms with Gasteiger partial charge in [-0.05, 0) is 25.5 Å². The molecule has 0 heterocycles. The number of nitrogens with one attached hydrogen (secondary N) is 1. The highest BCUT2D eigenvalue weighted by Crippen LogP contribution is 2.13. The molecule has 160 valence electrons. The first-order valence-electron chi connectivity index (χ1n) is 11.9. The minimum Gasteiger partial charge on any atom is -0.480 e. The fourth-order valence-corrected chi connectivity index (χ4v) is 3.41. The van der Waals surface area contributed by atoms with Crippen LogP contribution in [0.3, 0.4) is 0 Å². The molecule has 0 aliphatic heterocycles. The van der Waals surface area contributed by atoms with Crippen LogP contribution in [0, 0.1) is 0 Å². The van der Waals surface area contributed by atoms with Gasteiger partial charge in [0.05, 0.1) is 0 Å². The van der Waals surface area contributed by atoms with Crippen molar-refractivity contribution >= 4 is 5.97 Å². The number of hydrogen-bond donors (Lipinski definition) is 2. The maximum absolute atomic E-state index is 11.1. The molecule has 0 aliphatic carbocycles. The molecular formula is C24H47NO2. The van der Waals surface area contributed by atoms with E-state index in [0.29, 0.717) is 6.42 Å². The summed E-state index contributed by atoms with van der Waals surface area (Å²) in [7, 11) is 0. The van der Waals surface area contributed by atoms with Crippen LogP contribution in [-0.2, 0) is 4.79 Å². The number of carboxylic acid groups (broad SMARTS) is 1. The zero-order valence-electron chi connectivity index (χ0n) is 18.3. The largest absolute Gasteiger partial charge is 0.480 e. The molecule has 0 saturated carbocycles. The van der Waals surface area contributed by atoms with Gasteiger partial charge in [-0.2, -0.15) is 0 Å². The number of allylic oxidation sites excluding steroid dienone is 1. The van der Waals surface area contributed by atoms with E-state index in [9.17, 15) is 4.79 Å². The summed E-state index contributed by atoms with van der Waals surface area (Å²) in [4.78, 5) is 11.1. The molecule has 27 heavy (non-hydrogen) atoms. The Hall–Kier alpha value is -0.990. The summed E-state index contributed by atoms with van der Waals surface area (Å²) < 4.78 is 0. The third kappa shape index (κ3) is 19.6. The molecule has 1 unspecified atom stereocenters. The molecular weight excluding hydrogens is 334 g/mol. The van der Waals surface area contributed by atoms with Gasteiger partial charge in [0.25, 0.3) is 0 Å². The third-order valence-electron chi connectivity index (χ3n) is 5.28. The first-order valence-corrected chi connectivity index (χ1v) is 11.9. The van der Waals surface area contributed by atoms with E-state index in [-0.39, 0.29) is 0 Å². The molecule has 1 atom stereocenters. The molecule has 0 bridgehead atoms. The number of rotatable bonds is 21. The van der Waals surface area contributed by atoms with Gasteiger partial charge in [0, 0.05) is 0 Å². The van der Waals surface area contributed by atoms with Crippen molar-refractivity contribution in [2.75, 3.05) is 0 Å². The molecule has 0 rings (SSSR count). The highest BCUT2D eigenvalue weighted by molar-refractivity contribution is 5.73. The standard InChI is InChI=1S/C24H47NO2/c1-3-5-7-8-9-10-11-12-13-14-15-16-17-18-19-20-22-25-23(24(26)27)21-6-4-2/h20,22-23,25H,3-19,21H2,1-2H3,(H,26,27)/b22-20+. The predicted molar refractivity (Wildman–Crippen MR) is 118 cm³/mol. The molecule has 0 saturated heterocycles. The molecule has 2 N–H and O–H groups in total. The maximum atomic E-state index is 11.1. The summed E-state index contributed by atoms with van der Waals surface area (Å²) in [5, 5.41) is 12.2. The SMILES string of the molecule is CCCCCCCCCCCCCCCC/C=C/NC(CCCC)C(=O)O. The Bertz CT molecular complexity index is 341. The van der Waals surface area contributed by atoms with Crippen molar-refractivity contribution in [1.82, 2.24) is 5.32 Å². The molecule has 0 radical (unpaired) electrons. The van der Waals surface area contributed by atoms with Crippen molar-refractivity contribution in [2.24, 2.45) is 0 Å². The van der Waals surface area contributed by atoms with Gasteiger partial charge in [0.2, 0.25) is 0 Å². The van der Waals surface area contributed by atoms with Crippen molar-refractivity contribution in [2.45, 2.75) is 135 Å². The average Bonchev–Trinajstić information content (AvgIpc) is 2.66. The van der Waals surface area contributed by atoms with E-state index in [0.717, 1.165) is 19.3 Å². The maximum Gasteiger partial charge on any atom is 0.326 e. The first-order chi connectivity index (χ1) is 13.2. The van der Waals surface area contributed by atoms with Gasteiger partial charge in [-0.15, -0.1) is 0 Å². The van der Waals surface area contributed by atoms with Crippen LogP contribution in [0.5, 0.6) is 0 Å². The van der Waals surface area contributed by atoms with Crippen molar-refractivity contribution < 1.29 is 9.90 Å². The van der Waals surface area contributed by atoms with E-state index in [1.807, 2.05) is 6.20 Å². The fraction of sp³-hybridized carbons (Fsp3) is 0.875. The Kier molecular flexibility index (Phi) is 20.5. The fourth-order valence-electron chi connectivity index (χ4n) is 3.41. The highest BCUT2D eigenvalue weighted by atomic mass is 16.4. The molecule has 0 aromatic heterocycles. The Morgan fingerprint density at radius 1 is 0.741 bits per heavy atom. The summed E-state index contributed by atoms with van der Waals surface area (Å²) in [6.45, 7) is 4.37. The number of carbonyl (C=O) groups is 1. The van der Waals surface area contributed by atoms with Gasteiger partial charge < -0.3 is 10.4 Å². The van der Waals surface area contributed by atoms with E-state index >= 15 is 0 Å². The summed E-state index contributed by atoms with van der Waals surface area (Å²) in [6.07, 6.45) is 27.0. The lowest BCUT2D eigenvalue weighted by Gasteiger charge is -2.11. The van der Waals surface area contributed by atoms with Crippen LogP contribution < -0.4 is 5.32 Å². The summed E-state index contributed by atoms with van der Waals surface area (Å²) in [5.74, 6) is -0.746. The van der Waals surface area contributed by atoms with Crippen LogP contribution in [0.2, 0.25) is 0 Å². The van der Waals surface area contributed by atoms with Crippen molar-refractivity contribution in [3.05, 3.63) is 12.3 Å². The van der Waals surface area contributed by atoms with Crippen LogP contribution in [0.25, 0.3) is 0 Å². The lowest BCUT2D eigenvalue weighted by Crippen LogP contribution is -2.32. The van der Waals surface area contributed by atoms with Gasteiger partial charge in [0.15, 0.2) is 0 Å². The summed E-state index contributed by atoms with van der Waals surface area (Å²) >= 11 is 0. The van der Waals surface area contributed by atoms with E-state index in [1.54, 1.807) is 0 Å². The smallest absolute Gasteiger partial charge is 0.326 e. The quantitative estimate of drug-likeness (QED) is 0.201. The Balaban J connectivity index is 3.31. The lowest BCUT2D eigenvalue weighted by atomic mass is 10.0. The number of unbranched alkanes of at least 4 members (excludes halogenated alkanes) is 15. The molecule has 3 heteroatoms. The van der Waals surface area contributed by atoms with Gasteiger partial charge >= 0.3 is 5.97 Å². The zero-order valence-corrected chi connectivity index (χ0v) is 18.3. The molecule has 0 aromatic carbocycles. The number of aliphatic carboxylic acids is 1. The number of carboxylic acids is 1. The van der Waals surface area contributed by atoms with Gasteiger partial charge in [-0.1, -0.05) is 116 Å². The Morgan fingerprint density at radius 3 is 1.63 bits per heavy atom. The van der Waals surface area contributed by atoms with Gasteiger partial charge in [0.1, 0.15) is 6.04 Å².